The minimum absolute atomic E-state index is 0.110. The molecule has 2 N–H and O–H groups in total. The van der Waals surface area contributed by atoms with Crippen LogP contribution in [0.4, 0.5) is 5.69 Å². The molecule has 2 rings (SSSR count). The van der Waals surface area contributed by atoms with E-state index < -0.39 is 0 Å². The highest BCUT2D eigenvalue weighted by molar-refractivity contribution is 5.51. The standard InChI is InChI=1S/C14H16N2O/c1-10-6-7-12(9-14(10)17)16-11(2)13-5-3-4-8-15-13/h3-9,11,16-17H,1-2H3. The van der Waals surface area contributed by atoms with Gasteiger partial charge in [-0.1, -0.05) is 12.1 Å². The maximum Gasteiger partial charge on any atom is 0.120 e. The topological polar surface area (TPSA) is 45.2 Å². The van der Waals surface area contributed by atoms with Gasteiger partial charge in [0, 0.05) is 18.0 Å². The number of aryl methyl sites for hydroxylation is 1. The Balaban J connectivity index is 2.13. The molecule has 0 fully saturated rings. The Labute approximate surface area is 101 Å². The zero-order chi connectivity index (χ0) is 12.3. The van der Waals surface area contributed by atoms with E-state index in [1.54, 1.807) is 12.3 Å². The fraction of sp³-hybridized carbons (Fsp3) is 0.214. The maximum absolute atomic E-state index is 9.63. The lowest BCUT2D eigenvalue weighted by Gasteiger charge is -2.15. The van der Waals surface area contributed by atoms with Crippen LogP contribution in [0.25, 0.3) is 0 Å². The molecular formula is C14H16N2O. The molecule has 0 aliphatic carbocycles. The SMILES string of the molecule is Cc1ccc(NC(C)c2ccccn2)cc1O. The Bertz CT molecular complexity index is 497. The molecule has 0 aliphatic heterocycles. The number of rotatable bonds is 3. The second kappa shape index (κ2) is 4.87. The van der Waals surface area contributed by atoms with Gasteiger partial charge in [-0.2, -0.15) is 0 Å². The van der Waals surface area contributed by atoms with Gasteiger partial charge in [-0.25, -0.2) is 0 Å². The van der Waals surface area contributed by atoms with Gasteiger partial charge in [0.15, 0.2) is 0 Å². The van der Waals surface area contributed by atoms with E-state index >= 15 is 0 Å². The summed E-state index contributed by atoms with van der Waals surface area (Å²) in [5.41, 5.74) is 2.75. The normalized spacial score (nSPS) is 12.1. The van der Waals surface area contributed by atoms with Gasteiger partial charge < -0.3 is 10.4 Å². The molecule has 1 aromatic carbocycles. The highest BCUT2D eigenvalue weighted by atomic mass is 16.3. The van der Waals surface area contributed by atoms with Crippen molar-refractivity contribution in [1.29, 1.82) is 0 Å². The lowest BCUT2D eigenvalue weighted by atomic mass is 10.1. The third-order valence-electron chi connectivity index (χ3n) is 2.72. The molecule has 88 valence electrons. The lowest BCUT2D eigenvalue weighted by molar-refractivity contribution is 0.471. The zero-order valence-corrected chi connectivity index (χ0v) is 10.0. The van der Waals surface area contributed by atoms with Crippen LogP contribution in [-0.2, 0) is 0 Å². The first-order chi connectivity index (χ1) is 8.16. The molecule has 1 heterocycles. The molecule has 0 radical (unpaired) electrons. The van der Waals surface area contributed by atoms with Crippen molar-refractivity contribution in [2.45, 2.75) is 19.9 Å². The maximum atomic E-state index is 9.63. The average molecular weight is 228 g/mol. The molecule has 1 unspecified atom stereocenters. The summed E-state index contributed by atoms with van der Waals surface area (Å²) >= 11 is 0. The largest absolute Gasteiger partial charge is 0.508 e. The molecule has 0 saturated heterocycles. The van der Waals surface area contributed by atoms with Crippen molar-refractivity contribution in [3.63, 3.8) is 0 Å². The van der Waals surface area contributed by atoms with Crippen LogP contribution in [0, 0.1) is 6.92 Å². The third kappa shape index (κ3) is 2.75. The Morgan fingerprint density at radius 3 is 2.71 bits per heavy atom. The molecule has 0 spiro atoms. The number of phenols is 1. The number of aromatic nitrogens is 1. The molecule has 0 bridgehead atoms. The van der Waals surface area contributed by atoms with Crippen molar-refractivity contribution < 1.29 is 5.11 Å². The summed E-state index contributed by atoms with van der Waals surface area (Å²) in [5, 5.41) is 12.9. The van der Waals surface area contributed by atoms with Crippen LogP contribution in [0.1, 0.15) is 24.2 Å². The van der Waals surface area contributed by atoms with Crippen molar-refractivity contribution >= 4 is 5.69 Å². The minimum atomic E-state index is 0.110. The molecule has 2 aromatic rings. The van der Waals surface area contributed by atoms with Gasteiger partial charge in [0.25, 0.3) is 0 Å². The van der Waals surface area contributed by atoms with Crippen LogP contribution in [0.5, 0.6) is 5.75 Å². The van der Waals surface area contributed by atoms with Crippen LogP contribution in [0.2, 0.25) is 0 Å². The first kappa shape index (κ1) is 11.5. The summed E-state index contributed by atoms with van der Waals surface area (Å²) in [6.45, 7) is 3.92. The van der Waals surface area contributed by atoms with Crippen LogP contribution in [0.15, 0.2) is 42.6 Å². The number of benzene rings is 1. The average Bonchev–Trinajstić information content (AvgIpc) is 2.35. The minimum Gasteiger partial charge on any atom is -0.508 e. The van der Waals surface area contributed by atoms with E-state index in [2.05, 4.69) is 10.3 Å². The second-order valence-electron chi connectivity index (χ2n) is 4.12. The number of pyridine rings is 1. The quantitative estimate of drug-likeness (QED) is 0.847. The van der Waals surface area contributed by atoms with Crippen LogP contribution in [-0.4, -0.2) is 10.1 Å². The highest BCUT2D eigenvalue weighted by Crippen LogP contribution is 2.23. The number of aromatic hydroxyl groups is 1. The van der Waals surface area contributed by atoms with Gasteiger partial charge >= 0.3 is 0 Å². The molecule has 0 amide bonds. The summed E-state index contributed by atoms with van der Waals surface area (Å²) in [5.74, 6) is 0.309. The first-order valence-corrected chi connectivity index (χ1v) is 5.64. The second-order valence-corrected chi connectivity index (χ2v) is 4.12. The highest BCUT2D eigenvalue weighted by Gasteiger charge is 2.06. The van der Waals surface area contributed by atoms with Crippen LogP contribution in [0.3, 0.4) is 0 Å². The third-order valence-corrected chi connectivity index (χ3v) is 2.72. The van der Waals surface area contributed by atoms with Crippen molar-refractivity contribution in [3.8, 4) is 5.75 Å². The van der Waals surface area contributed by atoms with E-state index in [9.17, 15) is 5.11 Å². The number of phenolic OH excluding ortho intramolecular Hbond substituents is 1. The van der Waals surface area contributed by atoms with E-state index in [1.165, 1.54) is 0 Å². The Kier molecular flexibility index (Phi) is 3.28. The van der Waals surface area contributed by atoms with Crippen molar-refractivity contribution in [3.05, 3.63) is 53.9 Å². The van der Waals surface area contributed by atoms with E-state index in [0.717, 1.165) is 16.9 Å². The van der Waals surface area contributed by atoms with Crippen molar-refractivity contribution in [2.24, 2.45) is 0 Å². The Morgan fingerprint density at radius 2 is 2.06 bits per heavy atom. The fourth-order valence-corrected chi connectivity index (χ4v) is 1.66. The Hall–Kier alpha value is -2.03. The van der Waals surface area contributed by atoms with E-state index in [4.69, 9.17) is 0 Å². The molecule has 1 atom stereocenters. The summed E-state index contributed by atoms with van der Waals surface area (Å²) in [6, 6.07) is 11.5. The Morgan fingerprint density at radius 1 is 1.24 bits per heavy atom. The number of hydrogen-bond donors (Lipinski definition) is 2. The zero-order valence-electron chi connectivity index (χ0n) is 10.0. The molecule has 3 heteroatoms. The molecule has 0 aliphatic rings. The predicted octanol–water partition coefficient (Wildman–Crippen LogP) is 3.27. The van der Waals surface area contributed by atoms with Crippen LogP contribution < -0.4 is 5.32 Å². The molecule has 3 nitrogen and oxygen atoms in total. The van der Waals surface area contributed by atoms with Gasteiger partial charge in [0.2, 0.25) is 0 Å². The van der Waals surface area contributed by atoms with E-state index in [1.807, 2.05) is 44.2 Å². The van der Waals surface area contributed by atoms with Gasteiger partial charge in [0.05, 0.1) is 11.7 Å². The van der Waals surface area contributed by atoms with E-state index in [0.29, 0.717) is 5.75 Å². The molecule has 0 saturated carbocycles. The van der Waals surface area contributed by atoms with Gasteiger partial charge in [-0.3, -0.25) is 4.98 Å². The van der Waals surface area contributed by atoms with Gasteiger partial charge in [-0.15, -0.1) is 0 Å². The van der Waals surface area contributed by atoms with Crippen LogP contribution >= 0.6 is 0 Å². The summed E-state index contributed by atoms with van der Waals surface area (Å²) < 4.78 is 0. The summed E-state index contributed by atoms with van der Waals surface area (Å²) in [4.78, 5) is 4.29. The van der Waals surface area contributed by atoms with E-state index in [-0.39, 0.29) is 6.04 Å². The van der Waals surface area contributed by atoms with Crippen molar-refractivity contribution in [2.75, 3.05) is 5.32 Å². The summed E-state index contributed by atoms with van der Waals surface area (Å²) in [6.07, 6.45) is 1.78. The predicted molar refractivity (Wildman–Crippen MR) is 69.1 cm³/mol. The monoisotopic (exact) mass is 228 g/mol. The molecule has 1 aromatic heterocycles. The number of anilines is 1. The molecular weight excluding hydrogens is 212 g/mol. The number of hydrogen-bond acceptors (Lipinski definition) is 3. The van der Waals surface area contributed by atoms with Gasteiger partial charge in [0.1, 0.15) is 5.75 Å². The summed E-state index contributed by atoms with van der Waals surface area (Å²) in [7, 11) is 0. The van der Waals surface area contributed by atoms with Gasteiger partial charge in [-0.05, 0) is 37.6 Å². The number of nitrogens with zero attached hydrogens (tertiary/aromatic N) is 1. The van der Waals surface area contributed by atoms with Crippen molar-refractivity contribution in [1.82, 2.24) is 4.98 Å². The fourth-order valence-electron chi connectivity index (χ4n) is 1.66. The smallest absolute Gasteiger partial charge is 0.120 e. The lowest BCUT2D eigenvalue weighted by Crippen LogP contribution is -2.07. The molecule has 17 heavy (non-hydrogen) atoms. The first-order valence-electron chi connectivity index (χ1n) is 5.64. The number of nitrogens with one attached hydrogen (secondary N) is 1.